The molecule has 1 N–H and O–H groups in total. The average molecular weight is 434 g/mol. The van der Waals surface area contributed by atoms with E-state index in [1.807, 2.05) is 11.3 Å². The molecule has 0 aromatic carbocycles. The van der Waals surface area contributed by atoms with E-state index in [-0.39, 0.29) is 17.6 Å². The van der Waals surface area contributed by atoms with Crippen molar-refractivity contribution in [3.05, 3.63) is 21.3 Å². The minimum Gasteiger partial charge on any atom is -0.300 e. The number of nitrogens with one attached hydrogen (secondary N) is 1. The molecule has 0 bridgehead atoms. The Morgan fingerprint density at radius 1 is 1.14 bits per heavy atom. The van der Waals surface area contributed by atoms with Crippen molar-refractivity contribution in [1.82, 2.24) is 29.8 Å². The Morgan fingerprint density at radius 2 is 1.93 bits per heavy atom. The molecule has 146 valence electrons. The van der Waals surface area contributed by atoms with Crippen molar-refractivity contribution in [2.24, 2.45) is 0 Å². The van der Waals surface area contributed by atoms with E-state index in [4.69, 9.17) is 4.98 Å². The number of hydrogen-bond acceptors (Lipinski definition) is 9. The zero-order chi connectivity index (χ0) is 20.0. The first kappa shape index (κ1) is 19.2. The normalized spacial score (nSPS) is 11.8. The summed E-state index contributed by atoms with van der Waals surface area (Å²) >= 11 is 4.37. The lowest BCUT2D eigenvalue weighted by Gasteiger charge is -2.10. The lowest BCUT2D eigenvalue weighted by molar-refractivity contribution is -0.113. The van der Waals surface area contributed by atoms with Crippen molar-refractivity contribution in [1.29, 1.82) is 0 Å². The lowest BCUT2D eigenvalue weighted by atomic mass is 10.2. The van der Waals surface area contributed by atoms with Gasteiger partial charge in [-0.15, -0.1) is 31.7 Å². The van der Waals surface area contributed by atoms with Crippen molar-refractivity contribution in [3.8, 4) is 0 Å². The van der Waals surface area contributed by atoms with Crippen LogP contribution >= 0.6 is 34.4 Å². The van der Waals surface area contributed by atoms with Gasteiger partial charge in [0, 0.05) is 10.8 Å². The van der Waals surface area contributed by atoms with E-state index < -0.39 is 0 Å². The summed E-state index contributed by atoms with van der Waals surface area (Å²) in [6.07, 6.45) is 0. The standard InChI is InChI=1S/C17H19N7OS3/c1-7(2)13-19-15-12(8(3)9(4)27-15)14-21-23-17(24(13)14)26-6-11(25)18-16-22-20-10(5)28-16/h7H,6H2,1-5H3,(H,18,22,25). The summed E-state index contributed by atoms with van der Waals surface area (Å²) in [5.41, 5.74) is 1.99. The maximum absolute atomic E-state index is 12.3. The molecule has 0 saturated carbocycles. The number of carbonyl (C=O) groups is 1. The molecule has 0 saturated heterocycles. The van der Waals surface area contributed by atoms with E-state index in [1.54, 1.807) is 11.3 Å². The van der Waals surface area contributed by atoms with Crippen LogP contribution in [-0.4, -0.2) is 41.4 Å². The second-order valence-electron chi connectivity index (χ2n) is 6.69. The molecule has 0 atom stereocenters. The predicted molar refractivity (Wildman–Crippen MR) is 114 cm³/mol. The van der Waals surface area contributed by atoms with Gasteiger partial charge in [-0.3, -0.25) is 14.5 Å². The first-order valence-electron chi connectivity index (χ1n) is 8.72. The van der Waals surface area contributed by atoms with E-state index in [0.29, 0.717) is 10.3 Å². The van der Waals surface area contributed by atoms with Gasteiger partial charge in [-0.1, -0.05) is 36.9 Å². The largest absolute Gasteiger partial charge is 0.300 e. The Hall–Kier alpha value is -2.11. The van der Waals surface area contributed by atoms with E-state index in [1.165, 1.54) is 33.5 Å². The summed E-state index contributed by atoms with van der Waals surface area (Å²) in [4.78, 5) is 19.4. The van der Waals surface area contributed by atoms with Gasteiger partial charge in [0.1, 0.15) is 15.7 Å². The number of aromatic nitrogens is 6. The molecular weight excluding hydrogens is 414 g/mol. The van der Waals surface area contributed by atoms with Crippen LogP contribution < -0.4 is 5.32 Å². The zero-order valence-electron chi connectivity index (χ0n) is 16.1. The minimum atomic E-state index is -0.152. The van der Waals surface area contributed by atoms with Crippen LogP contribution in [0.15, 0.2) is 5.16 Å². The maximum atomic E-state index is 12.3. The quantitative estimate of drug-likeness (QED) is 0.476. The first-order chi connectivity index (χ1) is 13.3. The highest BCUT2D eigenvalue weighted by atomic mass is 32.2. The lowest BCUT2D eigenvalue weighted by Crippen LogP contribution is -2.14. The van der Waals surface area contributed by atoms with Gasteiger partial charge in [-0.25, -0.2) is 4.98 Å². The smallest absolute Gasteiger partial charge is 0.236 e. The van der Waals surface area contributed by atoms with Crippen molar-refractivity contribution in [2.75, 3.05) is 11.1 Å². The van der Waals surface area contributed by atoms with Gasteiger partial charge in [-0.05, 0) is 26.3 Å². The van der Waals surface area contributed by atoms with Gasteiger partial charge in [0.25, 0.3) is 0 Å². The number of fused-ring (bicyclic) bond motifs is 3. The maximum Gasteiger partial charge on any atom is 0.236 e. The fourth-order valence-corrected chi connectivity index (χ4v) is 5.24. The number of aryl methyl sites for hydroxylation is 3. The van der Waals surface area contributed by atoms with E-state index in [0.717, 1.165) is 26.7 Å². The molecule has 1 amide bonds. The van der Waals surface area contributed by atoms with Crippen LogP contribution in [0.5, 0.6) is 0 Å². The number of thiophene rings is 1. The molecule has 11 heteroatoms. The Morgan fingerprint density at radius 3 is 2.61 bits per heavy atom. The summed E-state index contributed by atoms with van der Waals surface area (Å²) in [6, 6.07) is 0. The van der Waals surface area contributed by atoms with Gasteiger partial charge < -0.3 is 0 Å². The van der Waals surface area contributed by atoms with E-state index in [2.05, 4.69) is 53.4 Å². The van der Waals surface area contributed by atoms with E-state index in [9.17, 15) is 4.79 Å². The molecule has 4 heterocycles. The summed E-state index contributed by atoms with van der Waals surface area (Å²) in [7, 11) is 0. The molecule has 8 nitrogen and oxygen atoms in total. The first-order valence-corrected chi connectivity index (χ1v) is 11.3. The third-order valence-electron chi connectivity index (χ3n) is 4.29. The Kier molecular flexibility index (Phi) is 5.06. The molecule has 4 rings (SSSR count). The molecule has 0 aliphatic carbocycles. The van der Waals surface area contributed by atoms with Gasteiger partial charge >= 0.3 is 0 Å². The fourth-order valence-electron chi connectivity index (χ4n) is 2.86. The van der Waals surface area contributed by atoms with Crippen molar-refractivity contribution < 1.29 is 4.79 Å². The molecule has 0 aliphatic rings. The fraction of sp³-hybridized carbons (Fsp3) is 0.412. The van der Waals surface area contributed by atoms with Crippen LogP contribution in [0.2, 0.25) is 0 Å². The highest BCUT2D eigenvalue weighted by Gasteiger charge is 2.21. The predicted octanol–water partition coefficient (Wildman–Crippen LogP) is 3.97. The van der Waals surface area contributed by atoms with Gasteiger partial charge in [0.05, 0.1) is 11.1 Å². The third-order valence-corrected chi connectivity index (χ3v) is 7.07. The molecular formula is C17H19N7OS3. The third kappa shape index (κ3) is 3.38. The summed E-state index contributed by atoms with van der Waals surface area (Å²) in [5, 5.41) is 22.4. The van der Waals surface area contributed by atoms with Crippen LogP contribution in [0.3, 0.4) is 0 Å². The Bertz CT molecular complexity index is 1190. The molecule has 28 heavy (non-hydrogen) atoms. The van der Waals surface area contributed by atoms with Gasteiger partial charge in [0.15, 0.2) is 10.8 Å². The van der Waals surface area contributed by atoms with Crippen LogP contribution in [0.4, 0.5) is 5.13 Å². The van der Waals surface area contributed by atoms with E-state index >= 15 is 0 Å². The Balaban J connectivity index is 1.67. The monoisotopic (exact) mass is 433 g/mol. The molecule has 4 aromatic heterocycles. The molecule has 4 aromatic rings. The topological polar surface area (TPSA) is 98.0 Å². The summed E-state index contributed by atoms with van der Waals surface area (Å²) in [5.74, 6) is 1.15. The number of thioether (sulfide) groups is 1. The number of carbonyl (C=O) groups excluding carboxylic acids is 1. The van der Waals surface area contributed by atoms with Crippen molar-refractivity contribution in [3.63, 3.8) is 0 Å². The summed E-state index contributed by atoms with van der Waals surface area (Å²) in [6.45, 7) is 10.2. The second kappa shape index (κ2) is 7.37. The Labute approximate surface area is 173 Å². The highest BCUT2D eigenvalue weighted by Crippen LogP contribution is 2.34. The number of nitrogens with zero attached hydrogens (tertiary/aromatic N) is 6. The number of anilines is 1. The number of rotatable bonds is 5. The van der Waals surface area contributed by atoms with Crippen LogP contribution in [-0.2, 0) is 4.79 Å². The van der Waals surface area contributed by atoms with Crippen molar-refractivity contribution in [2.45, 2.75) is 45.7 Å². The zero-order valence-corrected chi connectivity index (χ0v) is 18.6. The van der Waals surface area contributed by atoms with Crippen molar-refractivity contribution >= 4 is 61.3 Å². The molecule has 0 fully saturated rings. The molecule has 0 spiro atoms. The van der Waals surface area contributed by atoms with Crippen LogP contribution in [0.25, 0.3) is 15.9 Å². The average Bonchev–Trinajstić information content (AvgIpc) is 3.31. The molecule has 0 radical (unpaired) electrons. The number of amides is 1. The van der Waals surface area contributed by atoms with Crippen LogP contribution in [0, 0.1) is 20.8 Å². The number of hydrogen-bond donors (Lipinski definition) is 1. The van der Waals surface area contributed by atoms with Crippen LogP contribution in [0.1, 0.15) is 41.0 Å². The summed E-state index contributed by atoms with van der Waals surface area (Å²) < 4.78 is 1.99. The van der Waals surface area contributed by atoms with Gasteiger partial charge in [0.2, 0.25) is 11.0 Å². The second-order valence-corrected chi connectivity index (χ2v) is 10.0. The minimum absolute atomic E-state index is 0.152. The highest BCUT2D eigenvalue weighted by molar-refractivity contribution is 7.99. The van der Waals surface area contributed by atoms with Gasteiger partial charge in [-0.2, -0.15) is 0 Å². The molecule has 0 unspecified atom stereocenters. The molecule has 0 aliphatic heterocycles. The SMILES string of the molecule is Cc1nnc(NC(=O)CSc2nnc3c4c(C)c(C)sc4nc(C(C)C)n23)s1.